The van der Waals surface area contributed by atoms with Gasteiger partial charge in [0, 0.05) is 38.4 Å². The molecule has 0 radical (unpaired) electrons. The maximum absolute atomic E-state index is 11.0. The van der Waals surface area contributed by atoms with Crippen molar-refractivity contribution >= 4 is 23.1 Å². The summed E-state index contributed by atoms with van der Waals surface area (Å²) in [5.74, 6) is 1.59. The summed E-state index contributed by atoms with van der Waals surface area (Å²) in [5.41, 5.74) is -0.00423. The highest BCUT2D eigenvalue weighted by molar-refractivity contribution is 6.30. The Hall–Kier alpha value is -1.40. The minimum Gasteiger partial charge on any atom is -0.350 e. The van der Waals surface area contributed by atoms with Crippen LogP contribution in [-0.4, -0.2) is 36.1 Å². The monoisotopic (exact) mass is 268 g/mol. The second-order valence-corrected chi connectivity index (χ2v) is 5.27. The Labute approximate surface area is 109 Å². The molecular formula is C11H13ClN4O2. The molecule has 2 fully saturated rings. The van der Waals surface area contributed by atoms with E-state index in [-0.39, 0.29) is 5.69 Å². The van der Waals surface area contributed by atoms with E-state index in [1.165, 1.54) is 12.3 Å². The van der Waals surface area contributed by atoms with Crippen LogP contribution in [0, 0.1) is 22.0 Å². The van der Waals surface area contributed by atoms with Crippen molar-refractivity contribution in [3.05, 3.63) is 27.4 Å². The molecule has 18 heavy (non-hydrogen) atoms. The standard InChI is InChI=1S/C11H13ClN4O2/c12-9-1-10(16(17)18)11(14-4-9)15-5-7-2-13-3-8(7)6-15/h1,4,7-8,13H,2-3,5-6H2. The second-order valence-electron chi connectivity index (χ2n) is 4.84. The number of anilines is 1. The predicted octanol–water partition coefficient (Wildman–Crippen LogP) is 1.30. The molecule has 2 saturated heterocycles. The number of pyridine rings is 1. The number of hydrogen-bond acceptors (Lipinski definition) is 5. The third-order valence-corrected chi connectivity index (χ3v) is 3.91. The molecule has 2 aliphatic heterocycles. The van der Waals surface area contributed by atoms with E-state index in [4.69, 9.17) is 11.6 Å². The third kappa shape index (κ3) is 1.91. The predicted molar refractivity (Wildman–Crippen MR) is 68.0 cm³/mol. The highest BCUT2D eigenvalue weighted by atomic mass is 35.5. The Bertz CT molecular complexity index is 484. The second kappa shape index (κ2) is 4.37. The normalized spacial score (nSPS) is 26.4. The number of rotatable bonds is 2. The molecule has 7 heteroatoms. The van der Waals surface area contributed by atoms with Gasteiger partial charge in [-0.2, -0.15) is 0 Å². The lowest BCUT2D eigenvalue weighted by atomic mass is 10.0. The summed E-state index contributed by atoms with van der Waals surface area (Å²) in [4.78, 5) is 16.8. The molecule has 1 N–H and O–H groups in total. The number of halogens is 1. The van der Waals surface area contributed by atoms with E-state index >= 15 is 0 Å². The van der Waals surface area contributed by atoms with Gasteiger partial charge in [0.25, 0.3) is 0 Å². The average molecular weight is 269 g/mol. The molecule has 0 spiro atoms. The van der Waals surface area contributed by atoms with E-state index in [1.54, 1.807) is 0 Å². The number of aromatic nitrogens is 1. The van der Waals surface area contributed by atoms with E-state index in [2.05, 4.69) is 10.3 Å². The molecule has 0 saturated carbocycles. The van der Waals surface area contributed by atoms with Crippen LogP contribution in [0.2, 0.25) is 5.02 Å². The first-order valence-electron chi connectivity index (χ1n) is 5.91. The Kier molecular flexibility index (Phi) is 2.83. The van der Waals surface area contributed by atoms with Crippen molar-refractivity contribution in [3.63, 3.8) is 0 Å². The topological polar surface area (TPSA) is 71.3 Å². The van der Waals surface area contributed by atoms with Gasteiger partial charge >= 0.3 is 5.69 Å². The summed E-state index contributed by atoms with van der Waals surface area (Å²) < 4.78 is 0. The molecule has 1 aromatic rings. The molecule has 2 atom stereocenters. The fourth-order valence-electron chi connectivity index (χ4n) is 2.83. The van der Waals surface area contributed by atoms with Crippen LogP contribution >= 0.6 is 11.6 Å². The van der Waals surface area contributed by atoms with Gasteiger partial charge in [-0.1, -0.05) is 11.6 Å². The summed E-state index contributed by atoms with van der Waals surface area (Å²) in [6, 6.07) is 1.37. The fourth-order valence-corrected chi connectivity index (χ4v) is 2.98. The number of nitro groups is 1. The SMILES string of the molecule is O=[N+]([O-])c1cc(Cl)cnc1N1CC2CNCC2C1. The quantitative estimate of drug-likeness (QED) is 0.647. The number of nitrogens with one attached hydrogen (secondary N) is 1. The lowest BCUT2D eigenvalue weighted by molar-refractivity contribution is -0.384. The van der Waals surface area contributed by atoms with Gasteiger partial charge in [0.05, 0.1) is 9.95 Å². The molecule has 6 nitrogen and oxygen atoms in total. The molecule has 0 aromatic carbocycles. The minimum absolute atomic E-state index is 0.00423. The zero-order chi connectivity index (χ0) is 12.7. The van der Waals surface area contributed by atoms with Crippen LogP contribution in [0.5, 0.6) is 0 Å². The highest BCUT2D eigenvalue weighted by Crippen LogP contribution is 2.35. The molecular weight excluding hydrogens is 256 g/mol. The summed E-state index contributed by atoms with van der Waals surface area (Å²) >= 11 is 5.77. The lowest BCUT2D eigenvalue weighted by Gasteiger charge is -2.18. The van der Waals surface area contributed by atoms with Gasteiger partial charge < -0.3 is 10.2 Å². The van der Waals surface area contributed by atoms with Gasteiger partial charge in [-0.3, -0.25) is 10.1 Å². The molecule has 1 aromatic heterocycles. The van der Waals surface area contributed by atoms with Crippen molar-refractivity contribution in [3.8, 4) is 0 Å². The van der Waals surface area contributed by atoms with Crippen molar-refractivity contribution < 1.29 is 4.92 Å². The molecule has 0 amide bonds. The minimum atomic E-state index is -0.416. The Balaban J connectivity index is 1.90. The fraction of sp³-hybridized carbons (Fsp3) is 0.545. The first-order chi connectivity index (χ1) is 8.65. The lowest BCUT2D eigenvalue weighted by Crippen LogP contribution is -2.26. The molecule has 0 bridgehead atoms. The molecule has 2 unspecified atom stereocenters. The number of hydrogen-bond donors (Lipinski definition) is 1. The maximum atomic E-state index is 11.0. The van der Waals surface area contributed by atoms with Crippen molar-refractivity contribution in [2.45, 2.75) is 0 Å². The van der Waals surface area contributed by atoms with Crippen LogP contribution in [0.3, 0.4) is 0 Å². The van der Waals surface area contributed by atoms with Crippen LogP contribution in [0.15, 0.2) is 12.3 Å². The highest BCUT2D eigenvalue weighted by Gasteiger charge is 2.38. The van der Waals surface area contributed by atoms with E-state index < -0.39 is 4.92 Å². The molecule has 3 heterocycles. The largest absolute Gasteiger partial charge is 0.350 e. The van der Waals surface area contributed by atoms with Gasteiger partial charge in [-0.05, 0) is 11.8 Å². The van der Waals surface area contributed by atoms with Crippen LogP contribution in [0.4, 0.5) is 11.5 Å². The van der Waals surface area contributed by atoms with Gasteiger partial charge in [0.15, 0.2) is 0 Å². The van der Waals surface area contributed by atoms with E-state index in [0.717, 1.165) is 26.2 Å². The average Bonchev–Trinajstić information content (AvgIpc) is 2.88. The Morgan fingerprint density at radius 3 is 2.72 bits per heavy atom. The van der Waals surface area contributed by atoms with Crippen molar-refractivity contribution in [1.29, 1.82) is 0 Å². The van der Waals surface area contributed by atoms with Crippen molar-refractivity contribution in [2.75, 3.05) is 31.1 Å². The Morgan fingerprint density at radius 1 is 1.44 bits per heavy atom. The molecule has 0 aliphatic carbocycles. The van der Waals surface area contributed by atoms with Crippen LogP contribution in [0.1, 0.15) is 0 Å². The third-order valence-electron chi connectivity index (χ3n) is 3.70. The number of nitrogens with zero attached hydrogens (tertiary/aromatic N) is 3. The molecule has 3 rings (SSSR count). The van der Waals surface area contributed by atoms with Gasteiger partial charge in [-0.25, -0.2) is 4.98 Å². The zero-order valence-corrected chi connectivity index (χ0v) is 10.4. The zero-order valence-electron chi connectivity index (χ0n) is 9.67. The van der Waals surface area contributed by atoms with E-state index in [0.29, 0.717) is 22.7 Å². The van der Waals surface area contributed by atoms with E-state index in [1.807, 2.05) is 4.90 Å². The summed E-state index contributed by atoms with van der Waals surface area (Å²) in [6.45, 7) is 3.63. The van der Waals surface area contributed by atoms with Crippen LogP contribution in [-0.2, 0) is 0 Å². The van der Waals surface area contributed by atoms with Crippen molar-refractivity contribution in [2.24, 2.45) is 11.8 Å². The van der Waals surface area contributed by atoms with E-state index in [9.17, 15) is 10.1 Å². The first kappa shape index (κ1) is 11.7. The van der Waals surface area contributed by atoms with Crippen LogP contribution in [0.25, 0.3) is 0 Å². The first-order valence-corrected chi connectivity index (χ1v) is 6.28. The molecule has 2 aliphatic rings. The van der Waals surface area contributed by atoms with Gasteiger partial charge in [0.2, 0.25) is 5.82 Å². The summed E-state index contributed by atoms with van der Waals surface area (Å²) in [7, 11) is 0. The summed E-state index contributed by atoms with van der Waals surface area (Å²) in [6.07, 6.45) is 1.47. The smallest absolute Gasteiger partial charge is 0.313 e. The van der Waals surface area contributed by atoms with Crippen LogP contribution < -0.4 is 10.2 Å². The van der Waals surface area contributed by atoms with Crippen molar-refractivity contribution in [1.82, 2.24) is 10.3 Å². The van der Waals surface area contributed by atoms with Gasteiger partial charge in [-0.15, -0.1) is 0 Å². The molecule has 96 valence electrons. The number of fused-ring (bicyclic) bond motifs is 1. The maximum Gasteiger partial charge on any atom is 0.313 e. The van der Waals surface area contributed by atoms with Gasteiger partial charge in [0.1, 0.15) is 0 Å². The Morgan fingerprint density at radius 2 is 2.11 bits per heavy atom. The summed E-state index contributed by atoms with van der Waals surface area (Å²) in [5, 5.41) is 14.7.